The second-order valence-corrected chi connectivity index (χ2v) is 8.80. The number of aromatic amines is 1. The third kappa shape index (κ3) is 3.63. The normalized spacial score (nSPS) is 20.9. The van der Waals surface area contributed by atoms with E-state index in [1.54, 1.807) is 7.11 Å². The summed E-state index contributed by atoms with van der Waals surface area (Å²) < 4.78 is 5.24. The first-order valence-corrected chi connectivity index (χ1v) is 11.0. The SMILES string of the molecule is COc1ccc(C2CCN(C(=O)NC3CCc4[nH]c5ccc(Cl)cc5c4C3)C2)cc1. The fourth-order valence-electron chi connectivity index (χ4n) is 4.87. The second-order valence-electron chi connectivity index (χ2n) is 8.37. The van der Waals surface area contributed by atoms with E-state index < -0.39 is 0 Å². The van der Waals surface area contributed by atoms with Crippen molar-refractivity contribution in [3.8, 4) is 5.75 Å². The van der Waals surface area contributed by atoms with Gasteiger partial charge in [0, 0.05) is 46.7 Å². The Morgan fingerprint density at radius 1 is 1.20 bits per heavy atom. The van der Waals surface area contributed by atoms with Crippen molar-refractivity contribution in [1.29, 1.82) is 0 Å². The van der Waals surface area contributed by atoms with Crippen molar-refractivity contribution in [1.82, 2.24) is 15.2 Å². The number of methoxy groups -OCH3 is 1. The lowest BCUT2D eigenvalue weighted by Gasteiger charge is -2.26. The third-order valence-corrected chi connectivity index (χ3v) is 6.78. The van der Waals surface area contributed by atoms with Crippen molar-refractivity contribution in [3.05, 3.63) is 64.3 Å². The molecule has 2 unspecified atom stereocenters. The molecule has 1 aliphatic heterocycles. The summed E-state index contributed by atoms with van der Waals surface area (Å²) in [5.74, 6) is 1.25. The number of nitrogens with zero attached hydrogens (tertiary/aromatic N) is 1. The summed E-state index contributed by atoms with van der Waals surface area (Å²) in [4.78, 5) is 18.4. The Labute approximate surface area is 181 Å². The van der Waals surface area contributed by atoms with Crippen LogP contribution in [0, 0.1) is 0 Å². The number of hydrogen-bond acceptors (Lipinski definition) is 2. The van der Waals surface area contributed by atoms with Crippen molar-refractivity contribution in [2.45, 2.75) is 37.6 Å². The number of H-pyrrole nitrogens is 1. The predicted octanol–water partition coefficient (Wildman–Crippen LogP) is 4.89. The molecule has 2 N–H and O–H groups in total. The van der Waals surface area contributed by atoms with Gasteiger partial charge in [0.1, 0.15) is 5.75 Å². The van der Waals surface area contributed by atoms with E-state index in [1.165, 1.54) is 22.2 Å². The van der Waals surface area contributed by atoms with Gasteiger partial charge in [-0.1, -0.05) is 23.7 Å². The summed E-state index contributed by atoms with van der Waals surface area (Å²) in [6, 6.07) is 14.4. The molecule has 1 saturated heterocycles. The van der Waals surface area contributed by atoms with Crippen molar-refractivity contribution >= 4 is 28.5 Å². The monoisotopic (exact) mass is 423 g/mol. The van der Waals surface area contributed by atoms with E-state index >= 15 is 0 Å². The van der Waals surface area contributed by atoms with E-state index in [2.05, 4.69) is 22.4 Å². The minimum Gasteiger partial charge on any atom is -0.497 e. The van der Waals surface area contributed by atoms with Gasteiger partial charge in [0.15, 0.2) is 0 Å². The summed E-state index contributed by atoms with van der Waals surface area (Å²) in [5.41, 5.74) is 4.96. The molecular weight excluding hydrogens is 398 g/mol. The molecule has 2 heterocycles. The van der Waals surface area contributed by atoms with E-state index in [4.69, 9.17) is 16.3 Å². The van der Waals surface area contributed by atoms with Crippen LogP contribution in [0.4, 0.5) is 4.79 Å². The smallest absolute Gasteiger partial charge is 0.317 e. The number of benzene rings is 2. The number of carbonyl (C=O) groups is 1. The Bertz CT molecular complexity index is 1080. The maximum absolute atomic E-state index is 12.9. The van der Waals surface area contributed by atoms with Gasteiger partial charge in [-0.25, -0.2) is 4.79 Å². The van der Waals surface area contributed by atoms with Crippen LogP contribution < -0.4 is 10.1 Å². The van der Waals surface area contributed by atoms with Crippen molar-refractivity contribution < 1.29 is 9.53 Å². The molecule has 3 aromatic rings. The number of ether oxygens (including phenoxy) is 1. The number of urea groups is 1. The van der Waals surface area contributed by atoms with Gasteiger partial charge in [-0.3, -0.25) is 0 Å². The summed E-state index contributed by atoms with van der Waals surface area (Å²) >= 11 is 6.21. The molecule has 0 bridgehead atoms. The van der Waals surface area contributed by atoms with Crippen LogP contribution in [0.2, 0.25) is 5.02 Å². The third-order valence-electron chi connectivity index (χ3n) is 6.54. The second kappa shape index (κ2) is 7.88. The predicted molar refractivity (Wildman–Crippen MR) is 120 cm³/mol. The highest BCUT2D eigenvalue weighted by molar-refractivity contribution is 6.31. The maximum atomic E-state index is 12.9. The zero-order chi connectivity index (χ0) is 20.7. The van der Waals surface area contributed by atoms with Gasteiger partial charge < -0.3 is 19.9 Å². The summed E-state index contributed by atoms with van der Waals surface area (Å²) in [6.07, 6.45) is 3.74. The Hall–Kier alpha value is -2.66. The minimum absolute atomic E-state index is 0.0531. The number of amides is 2. The molecule has 2 amide bonds. The molecule has 0 saturated carbocycles. The lowest BCUT2D eigenvalue weighted by Crippen LogP contribution is -2.45. The van der Waals surface area contributed by atoms with Gasteiger partial charge in [-0.2, -0.15) is 0 Å². The highest BCUT2D eigenvalue weighted by atomic mass is 35.5. The molecule has 1 aliphatic carbocycles. The maximum Gasteiger partial charge on any atom is 0.317 e. The Morgan fingerprint density at radius 2 is 2.03 bits per heavy atom. The molecule has 0 spiro atoms. The summed E-state index contributed by atoms with van der Waals surface area (Å²) in [7, 11) is 1.68. The van der Waals surface area contributed by atoms with Crippen LogP contribution in [0.15, 0.2) is 42.5 Å². The summed E-state index contributed by atoms with van der Waals surface area (Å²) in [6.45, 7) is 1.56. The molecule has 0 radical (unpaired) electrons. The van der Waals surface area contributed by atoms with E-state index in [1.807, 2.05) is 35.2 Å². The number of likely N-dealkylation sites (tertiary alicyclic amines) is 1. The molecule has 5 nitrogen and oxygen atoms in total. The van der Waals surface area contributed by atoms with Crippen LogP contribution in [0.1, 0.15) is 35.6 Å². The minimum atomic E-state index is 0.0531. The average Bonchev–Trinajstić information content (AvgIpc) is 3.39. The van der Waals surface area contributed by atoms with Gasteiger partial charge in [0.2, 0.25) is 0 Å². The number of rotatable bonds is 3. The van der Waals surface area contributed by atoms with Crippen LogP contribution in [0.25, 0.3) is 10.9 Å². The van der Waals surface area contributed by atoms with Gasteiger partial charge in [-0.15, -0.1) is 0 Å². The Morgan fingerprint density at radius 3 is 2.83 bits per heavy atom. The van der Waals surface area contributed by atoms with Crippen LogP contribution in [-0.4, -0.2) is 42.2 Å². The molecular formula is C24H26ClN3O2. The largest absolute Gasteiger partial charge is 0.497 e. The first-order valence-electron chi connectivity index (χ1n) is 10.6. The standard InChI is InChI=1S/C24H26ClN3O2/c1-30-19-6-2-15(3-7-19)16-10-11-28(14-16)24(29)26-18-5-9-23-21(13-18)20-12-17(25)4-8-22(20)27-23/h2-4,6-8,12,16,18,27H,5,9-11,13-14H2,1H3,(H,26,29). The lowest BCUT2D eigenvalue weighted by molar-refractivity contribution is 0.202. The van der Waals surface area contributed by atoms with E-state index in [0.717, 1.165) is 55.1 Å². The molecule has 1 fully saturated rings. The van der Waals surface area contributed by atoms with Gasteiger partial charge in [0.25, 0.3) is 0 Å². The van der Waals surface area contributed by atoms with Gasteiger partial charge in [-0.05, 0) is 67.1 Å². The highest BCUT2D eigenvalue weighted by Crippen LogP contribution is 2.32. The fraction of sp³-hybridized carbons (Fsp3) is 0.375. The van der Waals surface area contributed by atoms with Crippen LogP contribution in [0.3, 0.4) is 0 Å². The van der Waals surface area contributed by atoms with E-state index in [9.17, 15) is 4.79 Å². The quantitative estimate of drug-likeness (QED) is 0.630. The number of halogens is 1. The van der Waals surface area contributed by atoms with Gasteiger partial charge >= 0.3 is 6.03 Å². The molecule has 6 heteroatoms. The number of aryl methyl sites for hydroxylation is 1. The van der Waals surface area contributed by atoms with E-state index in [-0.39, 0.29) is 12.1 Å². The van der Waals surface area contributed by atoms with Crippen LogP contribution in [0.5, 0.6) is 5.75 Å². The van der Waals surface area contributed by atoms with Gasteiger partial charge in [0.05, 0.1) is 7.11 Å². The van der Waals surface area contributed by atoms with Crippen molar-refractivity contribution in [3.63, 3.8) is 0 Å². The average molecular weight is 424 g/mol. The topological polar surface area (TPSA) is 57.4 Å². The fourth-order valence-corrected chi connectivity index (χ4v) is 5.04. The first kappa shape index (κ1) is 19.3. The molecule has 5 rings (SSSR count). The molecule has 2 aliphatic rings. The van der Waals surface area contributed by atoms with Crippen LogP contribution in [-0.2, 0) is 12.8 Å². The molecule has 2 aromatic carbocycles. The number of fused-ring (bicyclic) bond motifs is 3. The first-order chi connectivity index (χ1) is 14.6. The molecule has 156 valence electrons. The number of nitrogens with one attached hydrogen (secondary N) is 2. The summed E-state index contributed by atoms with van der Waals surface area (Å²) in [5, 5.41) is 5.21. The number of aromatic nitrogens is 1. The van der Waals surface area contributed by atoms with Crippen LogP contribution >= 0.6 is 11.6 Å². The Kier molecular flexibility index (Phi) is 5.07. The molecule has 30 heavy (non-hydrogen) atoms. The lowest BCUT2D eigenvalue weighted by atomic mass is 9.91. The zero-order valence-corrected chi connectivity index (χ0v) is 17.8. The molecule has 2 atom stereocenters. The highest BCUT2D eigenvalue weighted by Gasteiger charge is 2.30. The molecule has 1 aromatic heterocycles. The van der Waals surface area contributed by atoms with E-state index in [0.29, 0.717) is 5.92 Å². The number of carbonyl (C=O) groups excluding carboxylic acids is 1. The van der Waals surface area contributed by atoms with Crippen molar-refractivity contribution in [2.24, 2.45) is 0 Å². The zero-order valence-electron chi connectivity index (χ0n) is 17.1. The Balaban J connectivity index is 1.23. The van der Waals surface area contributed by atoms with Crippen molar-refractivity contribution in [2.75, 3.05) is 20.2 Å². The number of hydrogen-bond donors (Lipinski definition) is 2.